The van der Waals surface area contributed by atoms with E-state index in [1.54, 1.807) is 6.08 Å². The van der Waals surface area contributed by atoms with E-state index in [1.165, 1.54) is 0 Å². The number of nitrogens with zero attached hydrogens (tertiary/aromatic N) is 1. The Morgan fingerprint density at radius 3 is 2.72 bits per heavy atom. The molecule has 2 amide bonds. The second-order valence-electron chi connectivity index (χ2n) is 7.12. The lowest BCUT2D eigenvalue weighted by molar-refractivity contribution is -0.110. The minimum Gasteiger partial charge on any atom is -0.351 e. The topological polar surface area (TPSA) is 77.2 Å². The summed E-state index contributed by atoms with van der Waals surface area (Å²) in [6.45, 7) is 9.82. The number of aromatic nitrogens is 1. The van der Waals surface area contributed by atoms with Crippen molar-refractivity contribution in [1.29, 1.82) is 0 Å². The van der Waals surface area contributed by atoms with E-state index in [-0.39, 0.29) is 11.8 Å². The molecule has 1 aromatic heterocycles. The number of nitrogens with one attached hydrogen (secondary N) is 3. The van der Waals surface area contributed by atoms with Gasteiger partial charge in [-0.25, -0.2) is 0 Å². The summed E-state index contributed by atoms with van der Waals surface area (Å²) in [5.41, 5.74) is 4.33. The molecular weight excluding hydrogens is 432 g/mol. The molecule has 29 heavy (non-hydrogen) atoms. The summed E-state index contributed by atoms with van der Waals surface area (Å²) >= 11 is 3.45. The van der Waals surface area contributed by atoms with E-state index in [2.05, 4.69) is 50.3 Å². The van der Waals surface area contributed by atoms with Crippen molar-refractivity contribution in [3.63, 3.8) is 0 Å². The molecule has 1 aromatic carbocycles. The molecule has 154 valence electrons. The van der Waals surface area contributed by atoms with Gasteiger partial charge in [0.1, 0.15) is 5.69 Å². The predicted molar refractivity (Wildman–Crippen MR) is 121 cm³/mol. The lowest BCUT2D eigenvalue weighted by Crippen LogP contribution is -2.30. The van der Waals surface area contributed by atoms with Gasteiger partial charge in [0, 0.05) is 28.0 Å². The molecule has 0 radical (unpaired) electrons. The van der Waals surface area contributed by atoms with Gasteiger partial charge in [-0.1, -0.05) is 29.8 Å². The van der Waals surface area contributed by atoms with Crippen molar-refractivity contribution in [3.8, 4) is 0 Å². The number of carbonyl (C=O) groups excluding carboxylic acids is 2. The highest BCUT2D eigenvalue weighted by Gasteiger charge is 2.24. The van der Waals surface area contributed by atoms with Gasteiger partial charge in [-0.2, -0.15) is 0 Å². The van der Waals surface area contributed by atoms with Gasteiger partial charge < -0.3 is 20.5 Å². The van der Waals surface area contributed by atoms with Crippen LogP contribution in [0.2, 0.25) is 0 Å². The number of hydrogen-bond acceptors (Lipinski definition) is 3. The fourth-order valence-corrected chi connectivity index (χ4v) is 3.85. The van der Waals surface area contributed by atoms with Gasteiger partial charge in [-0.05, 0) is 68.9 Å². The van der Waals surface area contributed by atoms with E-state index in [4.69, 9.17) is 0 Å². The molecule has 1 aliphatic rings. The minimum atomic E-state index is -0.146. The Balaban J connectivity index is 1.69. The average molecular weight is 459 g/mol. The number of aryl methyl sites for hydroxylation is 1. The second kappa shape index (κ2) is 9.41. The average Bonchev–Trinajstić information content (AvgIpc) is 3.21. The van der Waals surface area contributed by atoms with Crippen LogP contribution in [0.25, 0.3) is 11.6 Å². The maximum Gasteiger partial charge on any atom is 0.267 e. The summed E-state index contributed by atoms with van der Waals surface area (Å²) in [5, 5.41) is 5.85. The van der Waals surface area contributed by atoms with E-state index in [1.807, 2.05) is 31.2 Å². The first kappa shape index (κ1) is 21.3. The molecule has 3 N–H and O–H groups in total. The number of rotatable bonds is 8. The van der Waals surface area contributed by atoms with Gasteiger partial charge >= 0.3 is 0 Å². The van der Waals surface area contributed by atoms with Crippen LogP contribution in [0.5, 0.6) is 0 Å². The fourth-order valence-electron chi connectivity index (χ4n) is 3.49. The predicted octanol–water partition coefficient (Wildman–Crippen LogP) is 4.04. The molecule has 0 spiro atoms. The van der Waals surface area contributed by atoms with Crippen LogP contribution in [0, 0.1) is 6.92 Å². The van der Waals surface area contributed by atoms with Crippen molar-refractivity contribution >= 4 is 45.1 Å². The van der Waals surface area contributed by atoms with Crippen molar-refractivity contribution < 1.29 is 9.59 Å². The largest absolute Gasteiger partial charge is 0.351 e. The van der Waals surface area contributed by atoms with Crippen LogP contribution >= 0.6 is 15.9 Å². The summed E-state index contributed by atoms with van der Waals surface area (Å²) in [6.07, 6.45) is 2.70. The SMILES string of the molecule is CCN(CC)CCCNC(=O)c1[nH]c(/C=C2\C(=O)Nc3ccc(Br)cc32)cc1C. The van der Waals surface area contributed by atoms with Gasteiger partial charge in [-0.15, -0.1) is 0 Å². The first-order chi connectivity index (χ1) is 13.9. The van der Waals surface area contributed by atoms with E-state index in [0.717, 1.165) is 53.0 Å². The molecule has 3 rings (SSSR count). The molecule has 7 heteroatoms. The highest BCUT2D eigenvalue weighted by atomic mass is 79.9. The normalized spacial score (nSPS) is 14.4. The van der Waals surface area contributed by atoms with Crippen LogP contribution in [0.4, 0.5) is 5.69 Å². The Kier molecular flexibility index (Phi) is 6.92. The van der Waals surface area contributed by atoms with E-state index in [0.29, 0.717) is 17.8 Å². The Morgan fingerprint density at radius 2 is 2.00 bits per heavy atom. The molecule has 0 atom stereocenters. The molecular formula is C22H27BrN4O2. The number of halogens is 1. The van der Waals surface area contributed by atoms with E-state index >= 15 is 0 Å². The number of aromatic amines is 1. The minimum absolute atomic E-state index is 0.120. The number of fused-ring (bicyclic) bond motifs is 1. The number of hydrogen-bond donors (Lipinski definition) is 3. The van der Waals surface area contributed by atoms with E-state index < -0.39 is 0 Å². The maximum atomic E-state index is 12.5. The third kappa shape index (κ3) is 4.97. The summed E-state index contributed by atoms with van der Waals surface area (Å²) in [6, 6.07) is 7.57. The molecule has 6 nitrogen and oxygen atoms in total. The molecule has 2 aromatic rings. The molecule has 0 saturated heterocycles. The van der Waals surface area contributed by atoms with Crippen molar-refractivity contribution in [2.75, 3.05) is 31.5 Å². The first-order valence-electron chi connectivity index (χ1n) is 9.96. The Bertz CT molecular complexity index is 944. The van der Waals surface area contributed by atoms with Gasteiger partial charge in [0.15, 0.2) is 0 Å². The van der Waals surface area contributed by atoms with Crippen molar-refractivity contribution in [2.24, 2.45) is 0 Å². The summed E-state index contributed by atoms with van der Waals surface area (Å²) in [7, 11) is 0. The van der Waals surface area contributed by atoms with Crippen molar-refractivity contribution in [3.05, 3.63) is 51.3 Å². The fraction of sp³-hybridized carbons (Fsp3) is 0.364. The lowest BCUT2D eigenvalue weighted by Gasteiger charge is -2.17. The van der Waals surface area contributed by atoms with Gasteiger partial charge in [0.25, 0.3) is 11.8 Å². The molecule has 1 aliphatic heterocycles. The Labute approximate surface area is 179 Å². The molecule has 0 aliphatic carbocycles. The quantitative estimate of drug-likeness (QED) is 0.412. The molecule has 0 bridgehead atoms. The first-order valence-corrected chi connectivity index (χ1v) is 10.7. The summed E-state index contributed by atoms with van der Waals surface area (Å²) < 4.78 is 0.908. The van der Waals surface area contributed by atoms with Crippen LogP contribution in [0.1, 0.15) is 47.6 Å². The number of anilines is 1. The van der Waals surface area contributed by atoms with Gasteiger partial charge in [-0.3, -0.25) is 9.59 Å². The van der Waals surface area contributed by atoms with E-state index in [9.17, 15) is 9.59 Å². The van der Waals surface area contributed by atoms with Crippen LogP contribution in [0.3, 0.4) is 0 Å². The zero-order valence-electron chi connectivity index (χ0n) is 17.1. The van der Waals surface area contributed by atoms with Crippen LogP contribution in [0.15, 0.2) is 28.7 Å². The lowest BCUT2D eigenvalue weighted by atomic mass is 10.1. The standard InChI is InChI=1S/C22H27BrN4O2/c1-4-27(5-2)10-6-9-24-22(29)20-14(3)11-16(25-20)13-18-17-12-15(23)7-8-19(17)26-21(18)28/h7-8,11-13,25H,4-6,9-10H2,1-3H3,(H,24,29)(H,26,28)/b18-13-. The zero-order valence-corrected chi connectivity index (χ0v) is 18.6. The number of H-pyrrole nitrogens is 1. The van der Waals surface area contributed by atoms with Gasteiger partial charge in [0.05, 0.1) is 5.57 Å². The monoisotopic (exact) mass is 458 g/mol. The van der Waals surface area contributed by atoms with Crippen LogP contribution in [-0.4, -0.2) is 47.9 Å². The maximum absolute atomic E-state index is 12.5. The highest BCUT2D eigenvalue weighted by Crippen LogP contribution is 2.35. The van der Waals surface area contributed by atoms with Crippen LogP contribution in [-0.2, 0) is 4.79 Å². The molecule has 0 saturated carbocycles. The smallest absolute Gasteiger partial charge is 0.267 e. The second-order valence-corrected chi connectivity index (χ2v) is 8.04. The number of carbonyl (C=O) groups is 2. The molecule has 0 unspecified atom stereocenters. The van der Waals surface area contributed by atoms with Crippen molar-refractivity contribution in [2.45, 2.75) is 27.2 Å². The highest BCUT2D eigenvalue weighted by molar-refractivity contribution is 9.10. The summed E-state index contributed by atoms with van der Waals surface area (Å²) in [4.78, 5) is 30.4. The number of benzene rings is 1. The number of amides is 2. The Hall–Kier alpha value is -2.38. The molecule has 2 heterocycles. The van der Waals surface area contributed by atoms with Crippen LogP contribution < -0.4 is 10.6 Å². The Morgan fingerprint density at radius 1 is 1.24 bits per heavy atom. The zero-order chi connectivity index (χ0) is 21.0. The third-order valence-corrected chi connectivity index (χ3v) is 5.65. The van der Waals surface area contributed by atoms with Crippen molar-refractivity contribution in [1.82, 2.24) is 15.2 Å². The third-order valence-electron chi connectivity index (χ3n) is 5.16. The summed E-state index contributed by atoms with van der Waals surface area (Å²) in [5.74, 6) is -0.265. The molecule has 0 fully saturated rings. The van der Waals surface area contributed by atoms with Gasteiger partial charge in [0.2, 0.25) is 0 Å².